The van der Waals surface area contributed by atoms with Gasteiger partial charge in [0.2, 0.25) is 0 Å². The average molecular weight is 221 g/mol. The van der Waals surface area contributed by atoms with Crippen LogP contribution in [0, 0.1) is 12.7 Å². The highest BCUT2D eigenvalue weighted by Gasteiger charge is 2.18. The van der Waals surface area contributed by atoms with Crippen molar-refractivity contribution in [2.24, 2.45) is 7.05 Å². The van der Waals surface area contributed by atoms with E-state index < -0.39 is 11.9 Å². The average Bonchev–Trinajstić information content (AvgIpc) is 2.63. The first-order valence-electron chi connectivity index (χ1n) is 4.88. The number of aromatic nitrogens is 3. The lowest BCUT2D eigenvalue weighted by Gasteiger charge is -2.11. The minimum Gasteiger partial charge on any atom is -0.382 e. The predicted octanol–water partition coefficient (Wildman–Crippen LogP) is 1.34. The van der Waals surface area contributed by atoms with Crippen molar-refractivity contribution in [3.63, 3.8) is 0 Å². The zero-order valence-electron chi connectivity index (χ0n) is 9.05. The molecule has 0 spiro atoms. The van der Waals surface area contributed by atoms with Gasteiger partial charge in [-0.1, -0.05) is 17.3 Å². The molecule has 2 rings (SSSR count). The normalized spacial score (nSPS) is 12.8. The molecule has 0 saturated carbocycles. The van der Waals surface area contributed by atoms with Crippen LogP contribution in [0.5, 0.6) is 0 Å². The Kier molecular flexibility index (Phi) is 2.70. The third-order valence-electron chi connectivity index (χ3n) is 2.48. The first-order chi connectivity index (χ1) is 7.59. The topological polar surface area (TPSA) is 50.9 Å². The van der Waals surface area contributed by atoms with Gasteiger partial charge in [-0.2, -0.15) is 0 Å². The monoisotopic (exact) mass is 221 g/mol. The quantitative estimate of drug-likeness (QED) is 0.832. The fourth-order valence-electron chi connectivity index (χ4n) is 1.56. The Morgan fingerprint density at radius 3 is 2.75 bits per heavy atom. The molecule has 4 nitrogen and oxygen atoms in total. The summed E-state index contributed by atoms with van der Waals surface area (Å²) in [4.78, 5) is 0. The van der Waals surface area contributed by atoms with E-state index in [-0.39, 0.29) is 5.56 Å². The lowest BCUT2D eigenvalue weighted by Crippen LogP contribution is -2.08. The van der Waals surface area contributed by atoms with E-state index in [2.05, 4.69) is 10.3 Å². The largest absolute Gasteiger partial charge is 0.382 e. The van der Waals surface area contributed by atoms with Gasteiger partial charge in [0.15, 0.2) is 0 Å². The lowest BCUT2D eigenvalue weighted by molar-refractivity contribution is 0.204. The van der Waals surface area contributed by atoms with Crippen LogP contribution < -0.4 is 0 Å². The maximum atomic E-state index is 13.6. The number of rotatable bonds is 2. The van der Waals surface area contributed by atoms with Crippen LogP contribution in [-0.4, -0.2) is 20.1 Å². The number of hydrogen-bond acceptors (Lipinski definition) is 3. The summed E-state index contributed by atoms with van der Waals surface area (Å²) in [6.07, 6.45) is 0.379. The van der Waals surface area contributed by atoms with Gasteiger partial charge in [-0.05, 0) is 18.6 Å². The molecule has 0 saturated heterocycles. The summed E-state index contributed by atoms with van der Waals surface area (Å²) in [5.41, 5.74) is 1.51. The fraction of sp³-hybridized carbons (Fsp3) is 0.273. The number of benzene rings is 1. The van der Waals surface area contributed by atoms with Gasteiger partial charge in [0, 0.05) is 12.6 Å². The summed E-state index contributed by atoms with van der Waals surface area (Å²) in [6, 6.07) is 4.72. The summed E-state index contributed by atoms with van der Waals surface area (Å²) in [6.45, 7) is 1.80. The molecule has 0 aliphatic carbocycles. The fourth-order valence-corrected chi connectivity index (χ4v) is 1.56. The van der Waals surface area contributed by atoms with Crippen LogP contribution in [0.25, 0.3) is 0 Å². The van der Waals surface area contributed by atoms with Crippen LogP contribution in [0.1, 0.15) is 22.9 Å². The van der Waals surface area contributed by atoms with Gasteiger partial charge in [0.05, 0.1) is 11.9 Å². The molecule has 0 amide bonds. The molecule has 1 aromatic carbocycles. The van der Waals surface area contributed by atoms with Gasteiger partial charge >= 0.3 is 0 Å². The molecule has 1 atom stereocenters. The second-order valence-corrected chi connectivity index (χ2v) is 3.71. The molecule has 0 radical (unpaired) electrons. The molecule has 1 heterocycles. The maximum absolute atomic E-state index is 13.6. The number of aliphatic hydroxyl groups is 1. The Labute approximate surface area is 92.3 Å². The summed E-state index contributed by atoms with van der Waals surface area (Å²) in [5.74, 6) is -0.423. The van der Waals surface area contributed by atoms with Gasteiger partial charge in [0.1, 0.15) is 11.9 Å². The van der Waals surface area contributed by atoms with Crippen LogP contribution >= 0.6 is 0 Å². The Balaban J connectivity index is 2.41. The van der Waals surface area contributed by atoms with E-state index in [0.29, 0.717) is 5.69 Å². The van der Waals surface area contributed by atoms with E-state index in [9.17, 15) is 9.50 Å². The van der Waals surface area contributed by atoms with Crippen molar-refractivity contribution in [3.05, 3.63) is 47.0 Å². The van der Waals surface area contributed by atoms with E-state index in [4.69, 9.17) is 0 Å². The molecular formula is C11H12FN3O. The Bertz CT molecular complexity index is 510. The second kappa shape index (κ2) is 4.02. The smallest absolute Gasteiger partial charge is 0.129 e. The van der Waals surface area contributed by atoms with Crippen LogP contribution in [-0.2, 0) is 7.05 Å². The molecule has 0 bridgehead atoms. The maximum Gasteiger partial charge on any atom is 0.129 e. The molecule has 16 heavy (non-hydrogen) atoms. The molecule has 84 valence electrons. The third kappa shape index (κ3) is 1.81. The zero-order chi connectivity index (χ0) is 11.7. The van der Waals surface area contributed by atoms with Gasteiger partial charge in [0.25, 0.3) is 0 Å². The Morgan fingerprint density at radius 1 is 1.44 bits per heavy atom. The Hall–Kier alpha value is -1.75. The summed E-state index contributed by atoms with van der Waals surface area (Å²) in [7, 11) is 1.65. The van der Waals surface area contributed by atoms with Gasteiger partial charge < -0.3 is 5.11 Å². The molecule has 5 heteroatoms. The Morgan fingerprint density at radius 2 is 2.19 bits per heavy atom. The van der Waals surface area contributed by atoms with Crippen LogP contribution in [0.4, 0.5) is 4.39 Å². The van der Waals surface area contributed by atoms with Crippen molar-refractivity contribution in [1.82, 2.24) is 15.0 Å². The highest BCUT2D eigenvalue weighted by atomic mass is 19.1. The summed E-state index contributed by atoms with van der Waals surface area (Å²) >= 11 is 0. The SMILES string of the molecule is Cc1ccc(C(O)c2cnnn2C)c(F)c1. The van der Waals surface area contributed by atoms with Crippen molar-refractivity contribution in [1.29, 1.82) is 0 Å². The third-order valence-corrected chi connectivity index (χ3v) is 2.48. The van der Waals surface area contributed by atoms with Crippen molar-refractivity contribution >= 4 is 0 Å². The second-order valence-electron chi connectivity index (χ2n) is 3.71. The summed E-state index contributed by atoms with van der Waals surface area (Å²) in [5, 5.41) is 17.3. The van der Waals surface area contributed by atoms with Crippen molar-refractivity contribution in [3.8, 4) is 0 Å². The lowest BCUT2D eigenvalue weighted by atomic mass is 10.0. The molecule has 1 N–H and O–H groups in total. The molecule has 0 aliphatic rings. The van der Waals surface area contributed by atoms with Gasteiger partial charge in [-0.3, -0.25) is 0 Å². The number of aryl methyl sites for hydroxylation is 2. The van der Waals surface area contributed by atoms with E-state index in [1.807, 2.05) is 0 Å². The van der Waals surface area contributed by atoms with Gasteiger partial charge in [-0.25, -0.2) is 9.07 Å². The minimum absolute atomic E-state index is 0.232. The van der Waals surface area contributed by atoms with Gasteiger partial charge in [-0.15, -0.1) is 5.10 Å². The van der Waals surface area contributed by atoms with Crippen LogP contribution in [0.15, 0.2) is 24.4 Å². The first-order valence-corrected chi connectivity index (χ1v) is 4.88. The van der Waals surface area contributed by atoms with E-state index in [1.165, 1.54) is 16.9 Å². The number of hydrogen-bond donors (Lipinski definition) is 1. The van der Waals surface area contributed by atoms with E-state index in [1.54, 1.807) is 26.1 Å². The van der Waals surface area contributed by atoms with E-state index >= 15 is 0 Å². The molecule has 2 aromatic rings. The van der Waals surface area contributed by atoms with Crippen LogP contribution in [0.3, 0.4) is 0 Å². The number of aliphatic hydroxyl groups excluding tert-OH is 1. The van der Waals surface area contributed by atoms with Crippen LogP contribution in [0.2, 0.25) is 0 Å². The molecule has 1 aromatic heterocycles. The molecule has 0 fully saturated rings. The number of halogens is 1. The summed E-state index contributed by atoms with van der Waals surface area (Å²) < 4.78 is 15.0. The highest BCUT2D eigenvalue weighted by Crippen LogP contribution is 2.23. The zero-order valence-corrected chi connectivity index (χ0v) is 9.05. The highest BCUT2D eigenvalue weighted by molar-refractivity contribution is 5.29. The minimum atomic E-state index is -1.04. The molecular weight excluding hydrogens is 209 g/mol. The molecule has 1 unspecified atom stereocenters. The predicted molar refractivity (Wildman–Crippen MR) is 56.2 cm³/mol. The van der Waals surface area contributed by atoms with Crippen molar-refractivity contribution in [2.75, 3.05) is 0 Å². The first kappa shape index (κ1) is 10.8. The van der Waals surface area contributed by atoms with Crippen molar-refractivity contribution < 1.29 is 9.50 Å². The van der Waals surface area contributed by atoms with Crippen molar-refractivity contribution in [2.45, 2.75) is 13.0 Å². The standard InChI is InChI=1S/C11H12FN3O/c1-7-3-4-8(9(12)5-7)11(16)10-6-13-14-15(10)2/h3-6,11,16H,1-2H3. The van der Waals surface area contributed by atoms with E-state index in [0.717, 1.165) is 5.56 Å². The molecule has 0 aliphatic heterocycles. The number of nitrogens with zero attached hydrogens (tertiary/aromatic N) is 3.